The molecule has 0 saturated carbocycles. The first kappa shape index (κ1) is 18.2. The minimum atomic E-state index is -0.600. The molecule has 0 amide bonds. The number of rotatable bonds is 6. The highest BCUT2D eigenvalue weighted by Crippen LogP contribution is 2.30. The summed E-state index contributed by atoms with van der Waals surface area (Å²) in [4.78, 5) is 11.3. The number of benzene rings is 2. The average molecular weight is 347 g/mol. The molecule has 0 aliphatic heterocycles. The zero-order chi connectivity index (χ0) is 18.5. The first-order chi connectivity index (χ1) is 12.6. The molecule has 3 rings (SSSR count). The van der Waals surface area contributed by atoms with Gasteiger partial charge in [0.25, 0.3) is 0 Å². The van der Waals surface area contributed by atoms with E-state index in [4.69, 9.17) is 0 Å². The third-order valence-electron chi connectivity index (χ3n) is 4.82. The maximum Gasteiger partial charge on any atom is 0.150 e. The van der Waals surface area contributed by atoms with Crippen molar-refractivity contribution in [3.63, 3.8) is 0 Å². The molecule has 26 heavy (non-hydrogen) atoms. The van der Waals surface area contributed by atoms with Gasteiger partial charge in [0.15, 0.2) is 0 Å². The Kier molecular flexibility index (Phi) is 5.76. The zero-order valence-corrected chi connectivity index (χ0v) is 15.4. The fourth-order valence-corrected chi connectivity index (χ4v) is 3.19. The molecule has 1 N–H and O–H groups in total. The number of aliphatic hydroxyl groups is 1. The topological polar surface area (TPSA) is 49.2 Å². The van der Waals surface area contributed by atoms with E-state index in [1.165, 1.54) is 0 Å². The summed E-state index contributed by atoms with van der Waals surface area (Å²) >= 11 is 0. The second kappa shape index (κ2) is 8.21. The van der Waals surface area contributed by atoms with Crippen LogP contribution in [0.25, 0.3) is 0 Å². The molecule has 0 bridgehead atoms. The van der Waals surface area contributed by atoms with Crippen molar-refractivity contribution in [1.82, 2.24) is 14.9 Å². The van der Waals surface area contributed by atoms with Crippen molar-refractivity contribution in [1.29, 1.82) is 0 Å². The normalized spacial score (nSPS) is 14.8. The lowest BCUT2D eigenvalue weighted by Gasteiger charge is -2.35. The van der Waals surface area contributed by atoms with Crippen molar-refractivity contribution >= 4 is 0 Å². The molecular weight excluding hydrogens is 322 g/mol. The molecule has 134 valence electrons. The van der Waals surface area contributed by atoms with Gasteiger partial charge in [-0.1, -0.05) is 60.7 Å². The van der Waals surface area contributed by atoms with Gasteiger partial charge in [-0.2, -0.15) is 0 Å². The minimum Gasteiger partial charge on any atom is -0.387 e. The molecule has 1 aromatic heterocycles. The lowest BCUT2D eigenvalue weighted by molar-refractivity contribution is 0.0557. The monoisotopic (exact) mass is 347 g/mol. The highest BCUT2D eigenvalue weighted by atomic mass is 16.3. The Morgan fingerprint density at radius 2 is 1.46 bits per heavy atom. The first-order valence-corrected chi connectivity index (χ1v) is 8.87. The zero-order valence-electron chi connectivity index (χ0n) is 15.4. The maximum atomic E-state index is 10.9. The van der Waals surface area contributed by atoms with Gasteiger partial charge in [-0.25, -0.2) is 9.97 Å². The summed E-state index contributed by atoms with van der Waals surface area (Å²) in [5, 5.41) is 10.9. The van der Waals surface area contributed by atoms with Crippen molar-refractivity contribution in [3.8, 4) is 0 Å². The summed E-state index contributed by atoms with van der Waals surface area (Å²) < 4.78 is 0. The second-order valence-corrected chi connectivity index (χ2v) is 6.63. The molecule has 0 aliphatic carbocycles. The molecule has 0 unspecified atom stereocenters. The first-order valence-electron chi connectivity index (χ1n) is 8.87. The van der Waals surface area contributed by atoms with Gasteiger partial charge in [0, 0.05) is 17.9 Å². The van der Waals surface area contributed by atoms with Gasteiger partial charge < -0.3 is 5.11 Å². The molecule has 0 spiro atoms. The quantitative estimate of drug-likeness (QED) is 0.734. The van der Waals surface area contributed by atoms with Crippen LogP contribution < -0.4 is 0 Å². The Balaban J connectivity index is 1.96. The fraction of sp³-hybridized carbons (Fsp3) is 0.273. The summed E-state index contributed by atoms with van der Waals surface area (Å²) in [6.07, 6.45) is 1.19. The molecule has 0 radical (unpaired) electrons. The molecule has 1 heterocycles. The Labute approximate surface area is 155 Å². The van der Waals surface area contributed by atoms with E-state index in [0.717, 1.165) is 22.6 Å². The number of nitrogens with zero attached hydrogens (tertiary/aromatic N) is 3. The van der Waals surface area contributed by atoms with Crippen LogP contribution in [0.2, 0.25) is 0 Å². The Morgan fingerprint density at radius 3 is 2.04 bits per heavy atom. The van der Waals surface area contributed by atoms with Gasteiger partial charge in [0.05, 0.1) is 12.1 Å². The van der Waals surface area contributed by atoms with E-state index in [9.17, 15) is 5.11 Å². The van der Waals surface area contributed by atoms with Gasteiger partial charge in [-0.3, -0.25) is 4.90 Å². The molecule has 3 aromatic rings. The molecular formula is C22H25N3O. The van der Waals surface area contributed by atoms with E-state index in [2.05, 4.69) is 27.0 Å². The van der Waals surface area contributed by atoms with Crippen LogP contribution in [0.1, 0.15) is 41.7 Å². The standard InChI is InChI=1S/C22H25N3O/c1-16-14-15-23-22(24-16)20(18-10-6-4-7-11-18)25(3)17(2)21(26)19-12-8-5-9-13-19/h4-15,17,20-21,26H,1-3H3/t17-,20-,21-/m0/s1. The summed E-state index contributed by atoms with van der Waals surface area (Å²) in [6.45, 7) is 4.00. The summed E-state index contributed by atoms with van der Waals surface area (Å²) in [5.41, 5.74) is 2.94. The number of aliphatic hydroxyl groups excluding tert-OH is 1. The van der Waals surface area contributed by atoms with Crippen LogP contribution in [0.4, 0.5) is 0 Å². The lowest BCUT2D eigenvalue weighted by Crippen LogP contribution is -2.38. The summed E-state index contributed by atoms with van der Waals surface area (Å²) in [6, 6.07) is 21.6. The summed E-state index contributed by atoms with van der Waals surface area (Å²) in [5.74, 6) is 0.741. The molecule has 2 aromatic carbocycles. The van der Waals surface area contributed by atoms with Crippen molar-refractivity contribution in [2.45, 2.75) is 32.0 Å². The van der Waals surface area contributed by atoms with Crippen LogP contribution in [-0.4, -0.2) is 33.1 Å². The predicted octanol–water partition coefficient (Wildman–Crippen LogP) is 3.93. The van der Waals surface area contributed by atoms with Crippen LogP contribution in [0, 0.1) is 6.92 Å². The second-order valence-electron chi connectivity index (χ2n) is 6.63. The highest BCUT2D eigenvalue weighted by molar-refractivity contribution is 5.26. The maximum absolute atomic E-state index is 10.9. The average Bonchev–Trinajstić information content (AvgIpc) is 2.68. The molecule has 4 nitrogen and oxygen atoms in total. The van der Waals surface area contributed by atoms with Crippen LogP contribution in [-0.2, 0) is 0 Å². The van der Waals surface area contributed by atoms with Crippen LogP contribution in [0.5, 0.6) is 0 Å². The number of aromatic nitrogens is 2. The molecule has 0 aliphatic rings. The van der Waals surface area contributed by atoms with Crippen molar-refractivity contribution < 1.29 is 5.11 Å². The fourth-order valence-electron chi connectivity index (χ4n) is 3.19. The number of hydrogen-bond donors (Lipinski definition) is 1. The van der Waals surface area contributed by atoms with Gasteiger partial charge in [-0.15, -0.1) is 0 Å². The van der Waals surface area contributed by atoms with Gasteiger partial charge in [0.2, 0.25) is 0 Å². The van der Waals surface area contributed by atoms with E-state index < -0.39 is 6.10 Å². The lowest BCUT2D eigenvalue weighted by atomic mass is 9.98. The highest BCUT2D eigenvalue weighted by Gasteiger charge is 2.29. The number of hydrogen-bond acceptors (Lipinski definition) is 4. The smallest absolute Gasteiger partial charge is 0.150 e. The van der Waals surface area contributed by atoms with E-state index >= 15 is 0 Å². The van der Waals surface area contributed by atoms with E-state index in [-0.39, 0.29) is 12.1 Å². The SMILES string of the molecule is Cc1ccnc([C@H](c2ccccc2)N(C)[C@@H](C)[C@H](O)c2ccccc2)n1. The van der Waals surface area contributed by atoms with Crippen molar-refractivity contribution in [2.24, 2.45) is 0 Å². The third kappa shape index (κ3) is 3.98. The van der Waals surface area contributed by atoms with Gasteiger partial charge in [-0.05, 0) is 38.1 Å². The van der Waals surface area contributed by atoms with E-state index in [1.54, 1.807) is 6.20 Å². The minimum absolute atomic E-state index is 0.119. The van der Waals surface area contributed by atoms with Gasteiger partial charge in [0.1, 0.15) is 5.82 Å². The molecule has 0 saturated heterocycles. The Bertz CT molecular complexity index is 823. The summed E-state index contributed by atoms with van der Waals surface area (Å²) in [7, 11) is 2.01. The third-order valence-corrected chi connectivity index (χ3v) is 4.82. The van der Waals surface area contributed by atoms with Crippen LogP contribution in [0.3, 0.4) is 0 Å². The molecule has 0 fully saturated rings. The number of aryl methyl sites for hydroxylation is 1. The van der Waals surface area contributed by atoms with E-state index in [1.807, 2.05) is 75.5 Å². The Morgan fingerprint density at radius 1 is 0.885 bits per heavy atom. The molecule has 4 heteroatoms. The van der Waals surface area contributed by atoms with Crippen LogP contribution >= 0.6 is 0 Å². The van der Waals surface area contributed by atoms with Crippen LogP contribution in [0.15, 0.2) is 72.9 Å². The van der Waals surface area contributed by atoms with Gasteiger partial charge >= 0.3 is 0 Å². The molecule has 3 atom stereocenters. The van der Waals surface area contributed by atoms with Crippen molar-refractivity contribution in [3.05, 3.63) is 95.6 Å². The Hall–Kier alpha value is -2.56. The largest absolute Gasteiger partial charge is 0.387 e. The number of likely N-dealkylation sites (N-methyl/N-ethyl adjacent to an activating group) is 1. The van der Waals surface area contributed by atoms with E-state index in [0.29, 0.717) is 0 Å². The predicted molar refractivity (Wildman–Crippen MR) is 104 cm³/mol. The van der Waals surface area contributed by atoms with Crippen molar-refractivity contribution in [2.75, 3.05) is 7.05 Å².